The standard InChI is InChI=1S/C22H27N3O2S/c1-14(23)18-6-3-10-25(13-18)22(27)19-9-11-28-21(19)24-20(26)17-8-7-15-4-2-5-16(15)12-17/h7-9,11-12,14,18H,2-6,10,13,23H2,1H3,(H,24,26). The van der Waals surface area contributed by atoms with E-state index in [-0.39, 0.29) is 17.9 Å². The first-order chi connectivity index (χ1) is 13.5. The lowest BCUT2D eigenvalue weighted by molar-refractivity contribution is 0.0662. The average molecular weight is 398 g/mol. The Balaban J connectivity index is 1.48. The van der Waals surface area contributed by atoms with Crippen LogP contribution in [0.25, 0.3) is 0 Å². The molecule has 6 heteroatoms. The van der Waals surface area contributed by atoms with E-state index in [1.165, 1.54) is 22.5 Å². The monoisotopic (exact) mass is 397 g/mol. The van der Waals surface area contributed by atoms with Gasteiger partial charge in [-0.2, -0.15) is 0 Å². The maximum atomic E-state index is 13.1. The van der Waals surface area contributed by atoms with Crippen LogP contribution in [0.5, 0.6) is 0 Å². The number of nitrogens with one attached hydrogen (secondary N) is 1. The number of hydrogen-bond donors (Lipinski definition) is 2. The van der Waals surface area contributed by atoms with Gasteiger partial charge in [-0.15, -0.1) is 11.3 Å². The quantitative estimate of drug-likeness (QED) is 0.826. The van der Waals surface area contributed by atoms with Gasteiger partial charge >= 0.3 is 0 Å². The summed E-state index contributed by atoms with van der Waals surface area (Å²) in [5.74, 6) is 0.162. The van der Waals surface area contributed by atoms with E-state index in [2.05, 4.69) is 11.4 Å². The number of fused-ring (bicyclic) bond motifs is 1. The molecule has 2 atom stereocenters. The molecule has 1 aliphatic heterocycles. The molecule has 2 aromatic rings. The van der Waals surface area contributed by atoms with Crippen LogP contribution in [0.3, 0.4) is 0 Å². The van der Waals surface area contributed by atoms with E-state index in [0.29, 0.717) is 28.6 Å². The summed E-state index contributed by atoms with van der Waals surface area (Å²) >= 11 is 1.39. The number of likely N-dealkylation sites (tertiary alicyclic amines) is 1. The third-order valence-electron chi connectivity index (χ3n) is 5.97. The van der Waals surface area contributed by atoms with Crippen LogP contribution in [0, 0.1) is 5.92 Å². The van der Waals surface area contributed by atoms with Crippen molar-refractivity contribution in [2.75, 3.05) is 18.4 Å². The first kappa shape index (κ1) is 19.2. The van der Waals surface area contributed by atoms with Crippen LogP contribution < -0.4 is 11.1 Å². The zero-order chi connectivity index (χ0) is 19.7. The molecule has 1 aromatic heterocycles. The maximum absolute atomic E-state index is 13.1. The largest absolute Gasteiger partial charge is 0.338 e. The number of nitrogens with zero attached hydrogens (tertiary/aromatic N) is 1. The van der Waals surface area contributed by atoms with Crippen molar-refractivity contribution in [1.29, 1.82) is 0 Å². The SMILES string of the molecule is CC(N)C1CCCN(C(=O)c2ccsc2NC(=O)c2ccc3c(c2)CCC3)C1. The molecule has 2 heterocycles. The average Bonchev–Trinajstić information content (AvgIpc) is 3.36. The van der Waals surface area contributed by atoms with Crippen molar-refractivity contribution in [3.63, 3.8) is 0 Å². The first-order valence-electron chi connectivity index (χ1n) is 10.1. The van der Waals surface area contributed by atoms with Crippen LogP contribution >= 0.6 is 11.3 Å². The molecule has 0 saturated carbocycles. The molecule has 2 aliphatic rings. The number of amides is 2. The fourth-order valence-electron chi connectivity index (χ4n) is 4.26. The van der Waals surface area contributed by atoms with Crippen molar-refractivity contribution in [3.8, 4) is 0 Å². The molecular weight excluding hydrogens is 370 g/mol. The second-order valence-corrected chi connectivity index (χ2v) is 8.88. The summed E-state index contributed by atoms with van der Waals surface area (Å²) < 4.78 is 0. The topological polar surface area (TPSA) is 75.4 Å². The number of piperidine rings is 1. The highest BCUT2D eigenvalue weighted by Gasteiger charge is 2.28. The minimum atomic E-state index is -0.154. The van der Waals surface area contributed by atoms with E-state index in [4.69, 9.17) is 5.73 Å². The van der Waals surface area contributed by atoms with E-state index in [9.17, 15) is 9.59 Å². The normalized spacial score (nSPS) is 19.9. The van der Waals surface area contributed by atoms with Crippen molar-refractivity contribution in [2.24, 2.45) is 11.7 Å². The molecule has 0 bridgehead atoms. The summed E-state index contributed by atoms with van der Waals surface area (Å²) in [6.45, 7) is 3.44. The summed E-state index contributed by atoms with van der Waals surface area (Å²) in [4.78, 5) is 27.7. The van der Waals surface area contributed by atoms with Crippen LogP contribution in [-0.2, 0) is 12.8 Å². The van der Waals surface area contributed by atoms with Gasteiger partial charge < -0.3 is 16.0 Å². The Kier molecular flexibility index (Phi) is 5.51. The van der Waals surface area contributed by atoms with Gasteiger partial charge in [0.05, 0.1) is 5.56 Å². The maximum Gasteiger partial charge on any atom is 0.256 e. The van der Waals surface area contributed by atoms with Crippen molar-refractivity contribution >= 4 is 28.2 Å². The molecule has 28 heavy (non-hydrogen) atoms. The molecule has 1 aliphatic carbocycles. The Morgan fingerprint density at radius 2 is 2.04 bits per heavy atom. The van der Waals surface area contributed by atoms with E-state index < -0.39 is 0 Å². The van der Waals surface area contributed by atoms with E-state index in [1.807, 2.05) is 29.3 Å². The van der Waals surface area contributed by atoms with Gasteiger partial charge in [0.25, 0.3) is 11.8 Å². The van der Waals surface area contributed by atoms with Crippen molar-refractivity contribution in [3.05, 3.63) is 51.9 Å². The molecule has 2 amide bonds. The number of aryl methyl sites for hydroxylation is 2. The summed E-state index contributed by atoms with van der Waals surface area (Å²) in [5, 5.41) is 5.44. The van der Waals surface area contributed by atoms with Crippen LogP contribution in [0.2, 0.25) is 0 Å². The Morgan fingerprint density at radius 1 is 1.21 bits per heavy atom. The predicted molar refractivity (Wildman–Crippen MR) is 113 cm³/mol. The number of benzene rings is 1. The summed E-state index contributed by atoms with van der Waals surface area (Å²) in [5.41, 5.74) is 9.90. The Morgan fingerprint density at radius 3 is 2.86 bits per heavy atom. The molecule has 4 rings (SSSR count). The smallest absolute Gasteiger partial charge is 0.256 e. The summed E-state index contributed by atoms with van der Waals surface area (Å²) in [6.07, 6.45) is 5.32. The molecule has 1 saturated heterocycles. The number of rotatable bonds is 4. The fourth-order valence-corrected chi connectivity index (χ4v) is 5.03. The van der Waals surface area contributed by atoms with Crippen molar-refractivity contribution in [1.82, 2.24) is 4.90 Å². The molecule has 3 N–H and O–H groups in total. The van der Waals surface area contributed by atoms with Gasteiger partial charge in [-0.05, 0) is 79.7 Å². The molecule has 1 aromatic carbocycles. The van der Waals surface area contributed by atoms with Gasteiger partial charge in [0, 0.05) is 24.7 Å². The highest BCUT2D eigenvalue weighted by molar-refractivity contribution is 7.14. The van der Waals surface area contributed by atoms with E-state index in [1.54, 1.807) is 6.07 Å². The van der Waals surface area contributed by atoms with E-state index >= 15 is 0 Å². The number of carbonyl (C=O) groups excluding carboxylic acids is 2. The molecule has 2 unspecified atom stereocenters. The Labute approximate surface area is 169 Å². The van der Waals surface area contributed by atoms with Gasteiger partial charge in [0.15, 0.2) is 0 Å². The minimum Gasteiger partial charge on any atom is -0.338 e. The van der Waals surface area contributed by atoms with Crippen LogP contribution in [-0.4, -0.2) is 35.8 Å². The molecule has 5 nitrogen and oxygen atoms in total. The zero-order valence-electron chi connectivity index (χ0n) is 16.2. The molecular formula is C22H27N3O2S. The highest BCUT2D eigenvalue weighted by Crippen LogP contribution is 2.29. The molecule has 1 fully saturated rings. The number of hydrogen-bond acceptors (Lipinski definition) is 4. The van der Waals surface area contributed by atoms with E-state index in [0.717, 1.165) is 38.6 Å². The molecule has 148 valence electrons. The fraction of sp³-hybridized carbons (Fsp3) is 0.455. The third-order valence-corrected chi connectivity index (χ3v) is 6.80. The first-order valence-corrected chi connectivity index (χ1v) is 11.0. The number of thiophene rings is 1. The summed E-state index contributed by atoms with van der Waals surface area (Å²) in [6, 6.07) is 7.81. The van der Waals surface area contributed by atoms with Crippen molar-refractivity contribution in [2.45, 2.75) is 45.1 Å². The van der Waals surface area contributed by atoms with Crippen LogP contribution in [0.1, 0.15) is 58.0 Å². The van der Waals surface area contributed by atoms with Crippen LogP contribution in [0.15, 0.2) is 29.6 Å². The number of nitrogens with two attached hydrogens (primary N) is 1. The van der Waals surface area contributed by atoms with Gasteiger partial charge in [-0.3, -0.25) is 9.59 Å². The lowest BCUT2D eigenvalue weighted by atomic mass is 9.92. The van der Waals surface area contributed by atoms with Crippen LogP contribution in [0.4, 0.5) is 5.00 Å². The highest BCUT2D eigenvalue weighted by atomic mass is 32.1. The Bertz CT molecular complexity index is 890. The molecule has 0 radical (unpaired) electrons. The minimum absolute atomic E-state index is 0.0177. The lowest BCUT2D eigenvalue weighted by Crippen LogP contribution is -2.45. The van der Waals surface area contributed by atoms with Gasteiger partial charge in [-0.1, -0.05) is 6.07 Å². The second-order valence-electron chi connectivity index (χ2n) is 7.97. The number of anilines is 1. The zero-order valence-corrected chi connectivity index (χ0v) is 17.1. The predicted octanol–water partition coefficient (Wildman–Crippen LogP) is 3.69. The second kappa shape index (κ2) is 8.05. The van der Waals surface area contributed by atoms with Crippen molar-refractivity contribution < 1.29 is 9.59 Å². The van der Waals surface area contributed by atoms with Gasteiger partial charge in [-0.25, -0.2) is 0 Å². The lowest BCUT2D eigenvalue weighted by Gasteiger charge is -2.34. The summed E-state index contributed by atoms with van der Waals surface area (Å²) in [7, 11) is 0. The number of carbonyl (C=O) groups is 2. The van der Waals surface area contributed by atoms with Gasteiger partial charge in [0.2, 0.25) is 0 Å². The van der Waals surface area contributed by atoms with Gasteiger partial charge in [0.1, 0.15) is 5.00 Å². The Hall–Kier alpha value is -2.18. The third kappa shape index (κ3) is 3.84. The molecule has 0 spiro atoms.